The number of benzene rings is 1. The Hall–Kier alpha value is -1.82. The van der Waals surface area contributed by atoms with Crippen LogP contribution in [0.1, 0.15) is 5.56 Å². The molecule has 1 saturated heterocycles. The highest BCUT2D eigenvalue weighted by Crippen LogP contribution is 2.32. The highest BCUT2D eigenvalue weighted by molar-refractivity contribution is 8.26. The van der Waals surface area contributed by atoms with Crippen molar-refractivity contribution >= 4 is 56.1 Å². The smallest absolute Gasteiger partial charge is 0.269 e. The summed E-state index contributed by atoms with van der Waals surface area (Å²) in [5, 5.41) is 10.6. The molecule has 1 amide bonds. The maximum Gasteiger partial charge on any atom is 0.269 e. The number of amides is 1. The molecule has 0 atom stereocenters. The largest absolute Gasteiger partial charge is 0.292 e. The van der Waals surface area contributed by atoms with Crippen LogP contribution in [0.4, 0.5) is 5.69 Å². The minimum Gasteiger partial charge on any atom is -0.292 e. The number of nitrogens with zero attached hydrogens (tertiary/aromatic N) is 2. The first kappa shape index (κ1) is 17.5. The predicted molar refractivity (Wildman–Crippen MR) is 89.4 cm³/mol. The van der Waals surface area contributed by atoms with Gasteiger partial charge in [-0.05, 0) is 23.8 Å². The van der Waals surface area contributed by atoms with Crippen LogP contribution in [0, 0.1) is 10.1 Å². The van der Waals surface area contributed by atoms with E-state index < -0.39 is 26.7 Å². The molecule has 0 bridgehead atoms. The van der Waals surface area contributed by atoms with Crippen molar-refractivity contribution in [2.45, 2.75) is 0 Å². The number of nitro groups is 1. The lowest BCUT2D eigenvalue weighted by atomic mass is 10.2. The monoisotopic (exact) mass is 374 g/mol. The number of carbonyl (C=O) groups excluding carboxylic acids is 1. The zero-order valence-electron chi connectivity index (χ0n) is 11.4. The summed E-state index contributed by atoms with van der Waals surface area (Å²) >= 11 is 6.01. The Morgan fingerprint density at radius 2 is 1.96 bits per heavy atom. The molecule has 0 spiro atoms. The van der Waals surface area contributed by atoms with Gasteiger partial charge in [-0.3, -0.25) is 24.4 Å². The molecular weight excluding hydrogens is 364 g/mol. The Morgan fingerprint density at radius 1 is 1.35 bits per heavy atom. The number of hydrogen-bond donors (Lipinski definition) is 1. The van der Waals surface area contributed by atoms with Gasteiger partial charge in [-0.1, -0.05) is 24.0 Å². The number of hydrogen-bond acceptors (Lipinski definition) is 7. The second kappa shape index (κ2) is 6.74. The van der Waals surface area contributed by atoms with Crippen molar-refractivity contribution in [1.82, 2.24) is 4.90 Å². The van der Waals surface area contributed by atoms with Gasteiger partial charge in [-0.15, -0.1) is 0 Å². The third kappa shape index (κ3) is 4.58. The molecule has 0 saturated carbocycles. The third-order valence-electron chi connectivity index (χ3n) is 2.85. The molecule has 0 unspecified atom stereocenters. The quantitative estimate of drug-likeness (QED) is 0.272. The average molecular weight is 374 g/mol. The Kier molecular flexibility index (Phi) is 5.14. The summed E-state index contributed by atoms with van der Waals surface area (Å²) in [7, 11) is -4.19. The summed E-state index contributed by atoms with van der Waals surface area (Å²) in [6.45, 7) is -0.235. The lowest BCUT2D eigenvalue weighted by molar-refractivity contribution is -0.384. The molecule has 8 nitrogen and oxygen atoms in total. The molecule has 1 aliphatic rings. The Bertz CT molecular complexity index is 801. The maximum atomic E-state index is 12.2. The van der Waals surface area contributed by atoms with E-state index in [0.717, 1.165) is 16.7 Å². The molecule has 23 heavy (non-hydrogen) atoms. The normalized spacial score (nSPS) is 17.1. The van der Waals surface area contributed by atoms with Crippen LogP contribution in [0.5, 0.6) is 0 Å². The molecule has 0 radical (unpaired) electrons. The van der Waals surface area contributed by atoms with Crippen LogP contribution in [0.2, 0.25) is 0 Å². The van der Waals surface area contributed by atoms with Crippen LogP contribution in [0.3, 0.4) is 0 Å². The van der Waals surface area contributed by atoms with E-state index in [2.05, 4.69) is 0 Å². The molecule has 1 fully saturated rings. The van der Waals surface area contributed by atoms with Gasteiger partial charge in [0.25, 0.3) is 21.7 Å². The van der Waals surface area contributed by atoms with Gasteiger partial charge in [-0.25, -0.2) is 0 Å². The van der Waals surface area contributed by atoms with Gasteiger partial charge < -0.3 is 0 Å². The number of rotatable bonds is 5. The molecule has 11 heteroatoms. The zero-order valence-corrected chi connectivity index (χ0v) is 13.9. The van der Waals surface area contributed by atoms with E-state index in [1.807, 2.05) is 0 Å². The van der Waals surface area contributed by atoms with Gasteiger partial charge in [-0.2, -0.15) is 8.42 Å². The van der Waals surface area contributed by atoms with Gasteiger partial charge >= 0.3 is 0 Å². The van der Waals surface area contributed by atoms with E-state index in [4.69, 9.17) is 16.8 Å². The zero-order chi connectivity index (χ0) is 17.2. The standard InChI is InChI=1S/C12H10N2O6S3/c15-11-10(7-8-1-3-9(4-2-8)14(16)17)22-12(21)13(11)5-6-23(18,19)20/h1-4,7H,5-6H2,(H,18,19,20)/b10-7-. The van der Waals surface area contributed by atoms with Crippen LogP contribution in [-0.4, -0.2) is 45.3 Å². The summed E-state index contributed by atoms with van der Waals surface area (Å²) in [6.07, 6.45) is 1.51. The molecule has 2 rings (SSSR count). The Labute approximate surface area is 141 Å². The average Bonchev–Trinajstić information content (AvgIpc) is 2.71. The fourth-order valence-electron chi connectivity index (χ4n) is 1.74. The minimum absolute atomic E-state index is 0.0668. The molecule has 1 aliphatic heterocycles. The van der Waals surface area contributed by atoms with E-state index in [-0.39, 0.29) is 21.5 Å². The van der Waals surface area contributed by atoms with Gasteiger partial charge in [0, 0.05) is 18.7 Å². The SMILES string of the molecule is O=C1/C(=C/c2ccc([N+](=O)[O-])cc2)SC(=S)N1CCS(=O)(=O)O. The number of carbonyl (C=O) groups is 1. The van der Waals surface area contributed by atoms with E-state index in [1.165, 1.54) is 30.3 Å². The summed E-state index contributed by atoms with van der Waals surface area (Å²) in [5.74, 6) is -1.08. The maximum absolute atomic E-state index is 12.2. The second-order valence-electron chi connectivity index (χ2n) is 4.47. The van der Waals surface area contributed by atoms with Gasteiger partial charge in [0.05, 0.1) is 15.6 Å². The number of nitro benzene ring substituents is 1. The van der Waals surface area contributed by atoms with Crippen molar-refractivity contribution < 1.29 is 22.7 Å². The van der Waals surface area contributed by atoms with Crippen molar-refractivity contribution in [2.24, 2.45) is 0 Å². The Balaban J connectivity index is 2.16. The second-order valence-corrected chi connectivity index (χ2v) is 7.72. The highest BCUT2D eigenvalue weighted by atomic mass is 32.2. The van der Waals surface area contributed by atoms with Crippen LogP contribution >= 0.6 is 24.0 Å². The van der Waals surface area contributed by atoms with Crippen molar-refractivity contribution in [1.29, 1.82) is 0 Å². The van der Waals surface area contributed by atoms with Gasteiger partial charge in [0.15, 0.2) is 0 Å². The first-order valence-electron chi connectivity index (χ1n) is 6.12. The van der Waals surface area contributed by atoms with Crippen molar-refractivity contribution in [2.75, 3.05) is 12.3 Å². The number of thioether (sulfide) groups is 1. The number of thiocarbonyl (C=S) groups is 1. The predicted octanol–water partition coefficient (Wildman–Crippen LogP) is 1.68. The molecule has 1 aromatic rings. The fourth-order valence-corrected chi connectivity index (χ4v) is 3.46. The Morgan fingerprint density at radius 3 is 2.48 bits per heavy atom. The summed E-state index contributed by atoms with van der Waals surface area (Å²) in [4.78, 5) is 23.6. The van der Waals surface area contributed by atoms with E-state index >= 15 is 0 Å². The van der Waals surface area contributed by atoms with Crippen molar-refractivity contribution in [3.8, 4) is 0 Å². The van der Waals surface area contributed by atoms with Crippen molar-refractivity contribution in [3.05, 3.63) is 44.8 Å². The molecule has 1 aromatic carbocycles. The fraction of sp³-hybridized carbons (Fsp3) is 0.167. The molecule has 0 aromatic heterocycles. The van der Waals surface area contributed by atoms with Gasteiger partial charge in [0.1, 0.15) is 4.32 Å². The number of non-ortho nitro benzene ring substituents is 1. The third-order valence-corrected chi connectivity index (χ3v) is 4.92. The molecule has 0 aliphatic carbocycles. The molecule has 1 N–H and O–H groups in total. The first-order chi connectivity index (χ1) is 10.7. The molecule has 1 heterocycles. The molecule has 122 valence electrons. The summed E-state index contributed by atoms with van der Waals surface area (Å²) in [6, 6.07) is 5.60. The lowest BCUT2D eigenvalue weighted by Crippen LogP contribution is -2.32. The highest BCUT2D eigenvalue weighted by Gasteiger charge is 2.32. The van der Waals surface area contributed by atoms with Crippen molar-refractivity contribution in [3.63, 3.8) is 0 Å². The topological polar surface area (TPSA) is 118 Å². The summed E-state index contributed by atoms with van der Waals surface area (Å²) in [5.41, 5.74) is 0.508. The summed E-state index contributed by atoms with van der Waals surface area (Å²) < 4.78 is 30.4. The van der Waals surface area contributed by atoms with Crippen LogP contribution in [0.15, 0.2) is 29.2 Å². The van der Waals surface area contributed by atoms with Crippen LogP contribution < -0.4 is 0 Å². The van der Waals surface area contributed by atoms with E-state index in [1.54, 1.807) is 0 Å². The first-order valence-corrected chi connectivity index (χ1v) is 8.96. The van der Waals surface area contributed by atoms with E-state index in [9.17, 15) is 23.3 Å². The van der Waals surface area contributed by atoms with Crippen LogP contribution in [-0.2, 0) is 14.9 Å². The minimum atomic E-state index is -4.19. The molecular formula is C12H10N2O6S3. The van der Waals surface area contributed by atoms with Crippen LogP contribution in [0.25, 0.3) is 6.08 Å². The van der Waals surface area contributed by atoms with Gasteiger partial charge in [0.2, 0.25) is 0 Å². The lowest BCUT2D eigenvalue weighted by Gasteiger charge is -2.12. The van der Waals surface area contributed by atoms with E-state index in [0.29, 0.717) is 5.56 Å².